The molecule has 134 valence electrons. The molecule has 0 fully saturated rings. The Morgan fingerprint density at radius 3 is 2.96 bits per heavy atom. The average molecular weight is 339 g/mol. The zero-order valence-electron chi connectivity index (χ0n) is 15.5. The van der Waals surface area contributed by atoms with Crippen molar-refractivity contribution in [2.45, 2.75) is 45.6 Å². The van der Waals surface area contributed by atoms with Crippen LogP contribution in [0.25, 0.3) is 16.5 Å². The van der Waals surface area contributed by atoms with Crippen LogP contribution in [-0.2, 0) is 11.2 Å². The number of aromatic nitrogens is 1. The van der Waals surface area contributed by atoms with Crippen LogP contribution >= 0.6 is 0 Å². The molecule has 1 aromatic heterocycles. The third-order valence-corrected chi connectivity index (χ3v) is 5.07. The highest BCUT2D eigenvalue weighted by Gasteiger charge is 2.22. The summed E-state index contributed by atoms with van der Waals surface area (Å²) in [7, 11) is 1.90. The quantitative estimate of drug-likeness (QED) is 0.721. The Bertz CT molecular complexity index is 775. The first-order valence-corrected chi connectivity index (χ1v) is 9.39. The highest BCUT2D eigenvalue weighted by atomic mass is 16.1. The predicted octanol–water partition coefficient (Wildman–Crippen LogP) is 3.64. The van der Waals surface area contributed by atoms with E-state index >= 15 is 0 Å². The molecule has 0 saturated carbocycles. The molecule has 1 aromatic carbocycles. The van der Waals surface area contributed by atoms with E-state index in [9.17, 15) is 4.79 Å². The van der Waals surface area contributed by atoms with Crippen molar-refractivity contribution >= 4 is 22.4 Å². The summed E-state index contributed by atoms with van der Waals surface area (Å²) in [5.41, 5.74) is 5.13. The van der Waals surface area contributed by atoms with E-state index < -0.39 is 0 Å². The van der Waals surface area contributed by atoms with Gasteiger partial charge >= 0.3 is 0 Å². The third-order valence-electron chi connectivity index (χ3n) is 5.07. The lowest BCUT2D eigenvalue weighted by Crippen LogP contribution is -2.40. The second kappa shape index (κ2) is 7.87. The van der Waals surface area contributed by atoms with Gasteiger partial charge in [0, 0.05) is 29.7 Å². The van der Waals surface area contributed by atoms with Gasteiger partial charge in [0.15, 0.2) is 0 Å². The number of nitrogens with one attached hydrogen (secondary N) is 3. The molecule has 25 heavy (non-hydrogen) atoms. The molecule has 1 aliphatic rings. The maximum Gasteiger partial charge on any atom is 0.228 e. The molecule has 1 heterocycles. The number of H-pyrrole nitrogens is 1. The number of hydrogen-bond donors (Lipinski definition) is 3. The standard InChI is InChI=1S/C21H29N3O/c1-4-6-14(2)24-21(25)17(12-22-3)11-15-9-10-16-13-23-19-8-5-7-18(15)20(16)19/h5,7-8,11,13-14,17,22-23H,4,6,9-10,12H2,1-3H3,(H,24,25)/b15-11+/t14-,17?/m1/s1. The van der Waals surface area contributed by atoms with Crippen molar-refractivity contribution in [1.82, 2.24) is 15.6 Å². The zero-order valence-corrected chi connectivity index (χ0v) is 15.5. The number of carbonyl (C=O) groups is 1. The fourth-order valence-corrected chi connectivity index (χ4v) is 3.84. The second-order valence-electron chi connectivity index (χ2n) is 7.10. The van der Waals surface area contributed by atoms with Gasteiger partial charge in [0.25, 0.3) is 0 Å². The van der Waals surface area contributed by atoms with Crippen molar-refractivity contribution in [2.75, 3.05) is 13.6 Å². The average Bonchev–Trinajstić information content (AvgIpc) is 3.01. The minimum absolute atomic E-state index is 0.120. The minimum atomic E-state index is -0.143. The van der Waals surface area contributed by atoms with E-state index in [1.807, 2.05) is 7.05 Å². The largest absolute Gasteiger partial charge is 0.361 e. The van der Waals surface area contributed by atoms with Gasteiger partial charge in [-0.15, -0.1) is 0 Å². The molecule has 1 unspecified atom stereocenters. The maximum atomic E-state index is 12.7. The number of aromatic amines is 1. The van der Waals surface area contributed by atoms with Crippen LogP contribution in [0.1, 0.15) is 44.2 Å². The molecule has 4 heteroatoms. The summed E-state index contributed by atoms with van der Waals surface area (Å²) in [6, 6.07) is 6.61. The number of hydrogen-bond acceptors (Lipinski definition) is 2. The Labute approximate surface area is 150 Å². The molecule has 3 rings (SSSR count). The lowest BCUT2D eigenvalue weighted by Gasteiger charge is -2.21. The van der Waals surface area contributed by atoms with Crippen LogP contribution in [0.3, 0.4) is 0 Å². The molecule has 1 aliphatic carbocycles. The van der Waals surface area contributed by atoms with Crippen molar-refractivity contribution in [3.8, 4) is 0 Å². The van der Waals surface area contributed by atoms with Crippen LogP contribution in [-0.4, -0.2) is 30.5 Å². The Morgan fingerprint density at radius 1 is 1.36 bits per heavy atom. The third kappa shape index (κ3) is 3.79. The molecule has 2 aromatic rings. The van der Waals surface area contributed by atoms with Gasteiger partial charge < -0.3 is 15.6 Å². The molecule has 0 aliphatic heterocycles. The van der Waals surface area contributed by atoms with Crippen LogP contribution in [0.2, 0.25) is 0 Å². The van der Waals surface area contributed by atoms with Crippen molar-refractivity contribution in [3.05, 3.63) is 41.6 Å². The van der Waals surface area contributed by atoms with Gasteiger partial charge in [-0.25, -0.2) is 0 Å². The Morgan fingerprint density at radius 2 is 2.20 bits per heavy atom. The summed E-state index contributed by atoms with van der Waals surface area (Å²) in [6.45, 7) is 4.88. The Hall–Kier alpha value is -2.07. The first-order chi connectivity index (χ1) is 12.1. The molecular formula is C21H29N3O. The van der Waals surface area contributed by atoms with E-state index in [-0.39, 0.29) is 17.9 Å². The monoisotopic (exact) mass is 339 g/mol. The fraction of sp³-hybridized carbons (Fsp3) is 0.476. The molecule has 0 saturated heterocycles. The van der Waals surface area contributed by atoms with Gasteiger partial charge in [0.2, 0.25) is 5.91 Å². The van der Waals surface area contributed by atoms with Crippen molar-refractivity contribution in [2.24, 2.45) is 5.92 Å². The van der Waals surface area contributed by atoms with E-state index in [1.54, 1.807) is 0 Å². The number of aryl methyl sites for hydroxylation is 1. The van der Waals surface area contributed by atoms with Gasteiger partial charge in [0.1, 0.15) is 0 Å². The predicted molar refractivity (Wildman–Crippen MR) is 105 cm³/mol. The molecule has 0 spiro atoms. The molecule has 2 atom stereocenters. The second-order valence-corrected chi connectivity index (χ2v) is 7.10. The van der Waals surface area contributed by atoms with Gasteiger partial charge in [-0.3, -0.25) is 4.79 Å². The topological polar surface area (TPSA) is 56.9 Å². The zero-order chi connectivity index (χ0) is 17.8. The van der Waals surface area contributed by atoms with Gasteiger partial charge in [-0.1, -0.05) is 31.6 Å². The lowest BCUT2D eigenvalue weighted by molar-refractivity contribution is -0.124. The van der Waals surface area contributed by atoms with E-state index in [0.29, 0.717) is 6.54 Å². The Balaban J connectivity index is 1.88. The first-order valence-electron chi connectivity index (χ1n) is 9.39. The van der Waals surface area contributed by atoms with Crippen LogP contribution in [0, 0.1) is 5.92 Å². The molecular weight excluding hydrogens is 310 g/mol. The van der Waals surface area contributed by atoms with Crippen molar-refractivity contribution < 1.29 is 4.79 Å². The lowest BCUT2D eigenvalue weighted by atomic mass is 9.86. The smallest absolute Gasteiger partial charge is 0.228 e. The number of carbonyl (C=O) groups excluding carboxylic acids is 1. The van der Waals surface area contributed by atoms with E-state index in [2.05, 4.69) is 59.9 Å². The van der Waals surface area contributed by atoms with Gasteiger partial charge in [-0.05, 0) is 56.0 Å². The summed E-state index contributed by atoms with van der Waals surface area (Å²) in [5, 5.41) is 7.66. The number of allylic oxidation sites excluding steroid dienone is 1. The SMILES string of the molecule is CCC[C@@H](C)NC(=O)C(/C=C1\CCc2c[nH]c3cccc1c23)CNC. The van der Waals surface area contributed by atoms with Crippen molar-refractivity contribution in [3.63, 3.8) is 0 Å². The van der Waals surface area contributed by atoms with Gasteiger partial charge in [-0.2, -0.15) is 0 Å². The van der Waals surface area contributed by atoms with E-state index in [4.69, 9.17) is 0 Å². The van der Waals surface area contributed by atoms with E-state index in [0.717, 1.165) is 25.7 Å². The van der Waals surface area contributed by atoms with Crippen LogP contribution < -0.4 is 10.6 Å². The fourth-order valence-electron chi connectivity index (χ4n) is 3.84. The summed E-state index contributed by atoms with van der Waals surface area (Å²) < 4.78 is 0. The van der Waals surface area contributed by atoms with Crippen LogP contribution in [0.4, 0.5) is 0 Å². The molecule has 1 amide bonds. The summed E-state index contributed by atoms with van der Waals surface area (Å²) in [4.78, 5) is 16.1. The van der Waals surface area contributed by atoms with Crippen LogP contribution in [0.5, 0.6) is 0 Å². The minimum Gasteiger partial charge on any atom is -0.361 e. The van der Waals surface area contributed by atoms with Crippen LogP contribution in [0.15, 0.2) is 30.5 Å². The number of amides is 1. The highest BCUT2D eigenvalue weighted by Crippen LogP contribution is 2.36. The van der Waals surface area contributed by atoms with Gasteiger partial charge in [0.05, 0.1) is 5.92 Å². The molecule has 0 radical (unpaired) electrons. The maximum absolute atomic E-state index is 12.7. The molecule has 3 N–H and O–H groups in total. The molecule has 0 bridgehead atoms. The first kappa shape index (κ1) is 17.7. The Kier molecular flexibility index (Phi) is 5.59. The number of rotatable bonds is 7. The van der Waals surface area contributed by atoms with E-state index in [1.165, 1.54) is 27.6 Å². The number of benzene rings is 1. The normalized spacial score (nSPS) is 17.6. The summed E-state index contributed by atoms with van der Waals surface area (Å²) in [5.74, 6) is -0.0232. The highest BCUT2D eigenvalue weighted by molar-refractivity contribution is 5.97. The molecule has 4 nitrogen and oxygen atoms in total. The summed E-state index contributed by atoms with van der Waals surface area (Å²) >= 11 is 0. The van der Waals surface area contributed by atoms with Crippen molar-refractivity contribution in [1.29, 1.82) is 0 Å². The summed E-state index contributed by atoms with van der Waals surface area (Å²) in [6.07, 6.45) is 8.41.